The maximum Gasteiger partial charge on any atom is 0.267 e. The number of ether oxygens (including phenoxy) is 1. The fourth-order valence-electron chi connectivity index (χ4n) is 3.97. The minimum Gasteiger partial charge on any atom is -0.476 e. The molecule has 3 aromatic rings. The van der Waals surface area contributed by atoms with Crippen LogP contribution in [0.1, 0.15) is 29.2 Å². The van der Waals surface area contributed by atoms with E-state index < -0.39 is 16.1 Å². The van der Waals surface area contributed by atoms with Gasteiger partial charge >= 0.3 is 0 Å². The van der Waals surface area contributed by atoms with Crippen LogP contribution in [0.15, 0.2) is 65.6 Å². The third-order valence-corrected chi connectivity index (χ3v) is 7.67. The molecule has 1 atom stereocenters. The maximum atomic E-state index is 13.6. The number of nitrogens with zero attached hydrogens (tertiary/aromatic N) is 1. The summed E-state index contributed by atoms with van der Waals surface area (Å²) < 4.78 is 34.4. The van der Waals surface area contributed by atoms with E-state index in [1.165, 1.54) is 4.31 Å². The fourth-order valence-corrected chi connectivity index (χ4v) is 5.44. The first-order valence-electron chi connectivity index (χ1n) is 11.0. The minimum absolute atomic E-state index is 0.120. The molecular formula is C26H28N2O4S. The molecule has 3 aromatic carbocycles. The normalized spacial score (nSPS) is 15.5. The summed E-state index contributed by atoms with van der Waals surface area (Å²) >= 11 is 0. The Morgan fingerprint density at radius 3 is 2.42 bits per heavy atom. The second-order valence-electron chi connectivity index (χ2n) is 8.38. The summed E-state index contributed by atoms with van der Waals surface area (Å²) in [4.78, 5) is 13.5. The first kappa shape index (κ1) is 22.9. The van der Waals surface area contributed by atoms with Crippen LogP contribution in [0, 0.1) is 20.8 Å². The Balaban J connectivity index is 1.71. The number of para-hydroxylation sites is 1. The average Bonchev–Trinajstić information content (AvgIpc) is 2.79. The first-order valence-corrected chi connectivity index (χ1v) is 12.4. The molecule has 0 unspecified atom stereocenters. The van der Waals surface area contributed by atoms with Crippen LogP contribution in [0.2, 0.25) is 0 Å². The van der Waals surface area contributed by atoms with Crippen molar-refractivity contribution in [1.29, 1.82) is 0 Å². The molecule has 1 N–H and O–H groups in total. The largest absolute Gasteiger partial charge is 0.476 e. The summed E-state index contributed by atoms with van der Waals surface area (Å²) in [5, 5.41) is 2.98. The number of carbonyl (C=O) groups is 1. The highest BCUT2D eigenvalue weighted by molar-refractivity contribution is 7.92. The Bertz CT molecular complexity index is 1300. The molecule has 33 heavy (non-hydrogen) atoms. The number of carbonyl (C=O) groups excluding carboxylic acids is 1. The molecule has 7 heteroatoms. The lowest BCUT2D eigenvalue weighted by atomic mass is 10.1. The summed E-state index contributed by atoms with van der Waals surface area (Å²) in [7, 11) is -3.89. The Morgan fingerprint density at radius 1 is 1.03 bits per heavy atom. The zero-order valence-corrected chi connectivity index (χ0v) is 20.1. The van der Waals surface area contributed by atoms with Crippen molar-refractivity contribution in [3.8, 4) is 5.75 Å². The highest BCUT2D eigenvalue weighted by atomic mass is 32.2. The van der Waals surface area contributed by atoms with Crippen molar-refractivity contribution in [1.82, 2.24) is 0 Å². The molecule has 0 bridgehead atoms. The SMILES string of the molecule is CCc1cccc(C)c1NC(=O)[C@@H]1CN(S(=O)(=O)c2ccc(C)cc2)c2ccc(C)cc2O1. The van der Waals surface area contributed by atoms with Crippen molar-refractivity contribution in [2.75, 3.05) is 16.2 Å². The van der Waals surface area contributed by atoms with Crippen LogP contribution in [0.5, 0.6) is 5.75 Å². The predicted octanol–water partition coefficient (Wildman–Crippen LogP) is 4.77. The molecule has 0 aromatic heterocycles. The van der Waals surface area contributed by atoms with Crippen LogP contribution in [0.4, 0.5) is 11.4 Å². The Labute approximate surface area is 195 Å². The average molecular weight is 465 g/mol. The molecule has 0 fully saturated rings. The van der Waals surface area contributed by atoms with Gasteiger partial charge in [0.05, 0.1) is 17.1 Å². The number of hydrogen-bond acceptors (Lipinski definition) is 4. The summed E-state index contributed by atoms with van der Waals surface area (Å²) in [5.74, 6) is -0.00662. The van der Waals surface area contributed by atoms with Gasteiger partial charge in [-0.05, 0) is 68.1 Å². The minimum atomic E-state index is -3.89. The summed E-state index contributed by atoms with van der Waals surface area (Å²) in [6, 6.07) is 17.9. The summed E-state index contributed by atoms with van der Waals surface area (Å²) in [5.41, 5.74) is 5.01. The molecule has 1 aliphatic heterocycles. The van der Waals surface area contributed by atoms with E-state index in [0.717, 1.165) is 34.4 Å². The number of benzene rings is 3. The number of nitrogens with one attached hydrogen (secondary N) is 1. The van der Waals surface area contributed by atoms with Gasteiger partial charge in [0, 0.05) is 5.69 Å². The van der Waals surface area contributed by atoms with E-state index in [-0.39, 0.29) is 17.3 Å². The molecule has 0 saturated carbocycles. The number of fused-ring (bicyclic) bond motifs is 1. The Kier molecular flexibility index (Phi) is 6.17. The number of hydrogen-bond donors (Lipinski definition) is 1. The van der Waals surface area contributed by atoms with Crippen LogP contribution in [0.25, 0.3) is 0 Å². The van der Waals surface area contributed by atoms with E-state index in [0.29, 0.717) is 11.4 Å². The molecule has 172 valence electrons. The van der Waals surface area contributed by atoms with Gasteiger partial charge in [-0.15, -0.1) is 0 Å². The molecule has 0 aliphatic carbocycles. The second kappa shape index (κ2) is 8.90. The number of aryl methyl sites for hydroxylation is 4. The Morgan fingerprint density at radius 2 is 1.73 bits per heavy atom. The molecule has 1 aliphatic rings. The topological polar surface area (TPSA) is 75.7 Å². The zero-order chi connectivity index (χ0) is 23.8. The van der Waals surface area contributed by atoms with E-state index in [1.807, 2.05) is 52.0 Å². The van der Waals surface area contributed by atoms with E-state index in [1.54, 1.807) is 36.4 Å². The molecule has 4 rings (SSSR count). The molecular weight excluding hydrogens is 436 g/mol. The highest BCUT2D eigenvalue weighted by Gasteiger charge is 2.37. The van der Waals surface area contributed by atoms with Gasteiger partial charge < -0.3 is 10.1 Å². The molecule has 0 saturated heterocycles. The highest BCUT2D eigenvalue weighted by Crippen LogP contribution is 2.38. The number of sulfonamides is 1. The van der Waals surface area contributed by atoms with Crippen molar-refractivity contribution < 1.29 is 17.9 Å². The zero-order valence-electron chi connectivity index (χ0n) is 19.3. The van der Waals surface area contributed by atoms with Crippen molar-refractivity contribution in [2.45, 2.75) is 45.1 Å². The standard InChI is InChI=1S/C26H28N2O4S/c1-5-20-8-6-7-19(4)25(20)27-26(29)24-16-28(22-14-11-18(3)15-23(22)32-24)33(30,31)21-12-9-17(2)10-13-21/h6-15,24H,5,16H2,1-4H3,(H,27,29)/t24-/m0/s1. The predicted molar refractivity (Wildman–Crippen MR) is 130 cm³/mol. The summed E-state index contributed by atoms with van der Waals surface area (Å²) in [6.07, 6.45) is -0.234. The van der Waals surface area contributed by atoms with Gasteiger partial charge in [0.25, 0.3) is 15.9 Å². The second-order valence-corrected chi connectivity index (χ2v) is 10.2. The third kappa shape index (κ3) is 4.46. The third-order valence-electron chi connectivity index (χ3n) is 5.87. The number of rotatable bonds is 5. The van der Waals surface area contributed by atoms with Crippen LogP contribution >= 0.6 is 0 Å². The van der Waals surface area contributed by atoms with Gasteiger partial charge in [0.2, 0.25) is 0 Å². The van der Waals surface area contributed by atoms with Crippen LogP contribution in [-0.2, 0) is 21.2 Å². The van der Waals surface area contributed by atoms with Gasteiger partial charge in [-0.3, -0.25) is 9.10 Å². The van der Waals surface area contributed by atoms with Gasteiger partial charge in [0.1, 0.15) is 5.75 Å². The molecule has 1 amide bonds. The lowest BCUT2D eigenvalue weighted by Gasteiger charge is -2.35. The van der Waals surface area contributed by atoms with E-state index in [2.05, 4.69) is 5.32 Å². The fraction of sp³-hybridized carbons (Fsp3) is 0.269. The first-order chi connectivity index (χ1) is 15.7. The molecule has 0 spiro atoms. The molecule has 1 heterocycles. The molecule has 6 nitrogen and oxygen atoms in total. The van der Waals surface area contributed by atoms with Gasteiger partial charge in [-0.2, -0.15) is 0 Å². The lowest BCUT2D eigenvalue weighted by molar-refractivity contribution is -0.122. The quantitative estimate of drug-likeness (QED) is 0.590. The van der Waals surface area contributed by atoms with Crippen molar-refractivity contribution in [2.24, 2.45) is 0 Å². The van der Waals surface area contributed by atoms with E-state index in [9.17, 15) is 13.2 Å². The van der Waals surface area contributed by atoms with Crippen molar-refractivity contribution in [3.63, 3.8) is 0 Å². The molecule has 0 radical (unpaired) electrons. The van der Waals surface area contributed by atoms with Gasteiger partial charge in [0.15, 0.2) is 6.10 Å². The summed E-state index contributed by atoms with van der Waals surface area (Å²) in [6.45, 7) is 7.64. The maximum absolute atomic E-state index is 13.6. The smallest absolute Gasteiger partial charge is 0.267 e. The lowest BCUT2D eigenvalue weighted by Crippen LogP contribution is -2.49. The Hall–Kier alpha value is -3.32. The van der Waals surface area contributed by atoms with E-state index >= 15 is 0 Å². The number of amides is 1. The van der Waals surface area contributed by atoms with Crippen LogP contribution < -0.4 is 14.4 Å². The monoisotopic (exact) mass is 464 g/mol. The van der Waals surface area contributed by atoms with Crippen LogP contribution in [-0.4, -0.2) is 27.0 Å². The number of anilines is 2. The van der Waals surface area contributed by atoms with E-state index in [4.69, 9.17) is 4.74 Å². The van der Waals surface area contributed by atoms with Crippen LogP contribution in [0.3, 0.4) is 0 Å². The van der Waals surface area contributed by atoms with Crippen molar-refractivity contribution in [3.05, 3.63) is 82.9 Å². The van der Waals surface area contributed by atoms with Crippen molar-refractivity contribution >= 4 is 27.3 Å². The van der Waals surface area contributed by atoms with Gasteiger partial charge in [-0.25, -0.2) is 8.42 Å². The van der Waals surface area contributed by atoms with Gasteiger partial charge in [-0.1, -0.05) is 48.9 Å².